The van der Waals surface area contributed by atoms with Crippen molar-refractivity contribution >= 4 is 27.5 Å². The van der Waals surface area contributed by atoms with Crippen LogP contribution in [0.4, 0.5) is 17.6 Å². The molecule has 2 N–H and O–H groups in total. The smallest absolute Gasteiger partial charge is 0.319 e. The number of hydrogen-bond acceptors (Lipinski definition) is 2. The van der Waals surface area contributed by atoms with Crippen molar-refractivity contribution in [1.29, 1.82) is 0 Å². The van der Waals surface area contributed by atoms with Gasteiger partial charge in [0.05, 0.1) is 22.3 Å². The predicted octanol–water partition coefficient (Wildman–Crippen LogP) is 4.70. The van der Waals surface area contributed by atoms with Crippen LogP contribution in [0.5, 0.6) is 0 Å². The number of rotatable bonds is 2. The van der Waals surface area contributed by atoms with Crippen molar-refractivity contribution in [2.45, 2.75) is 12.2 Å². The largest absolute Gasteiger partial charge is 0.417 e. The monoisotopic (exact) mass is 382 g/mol. The summed E-state index contributed by atoms with van der Waals surface area (Å²) in [6.07, 6.45) is -3.82. The maximum absolute atomic E-state index is 14.0. The second-order valence-electron chi connectivity index (χ2n) is 4.21. The molecule has 1 unspecified atom stereocenters. The molecule has 0 radical (unpaired) electrons. The molecule has 1 aromatic heterocycles. The average Bonchev–Trinajstić information content (AvgIpc) is 2.43. The normalized spacial score (nSPS) is 13.3. The lowest BCUT2D eigenvalue weighted by atomic mass is 10.0. The Morgan fingerprint density at radius 1 is 1.19 bits per heavy atom. The van der Waals surface area contributed by atoms with Crippen LogP contribution in [0.1, 0.15) is 22.9 Å². The van der Waals surface area contributed by atoms with Gasteiger partial charge in [-0.2, -0.15) is 13.2 Å². The number of nitrogens with two attached hydrogens (primary N) is 1. The summed E-state index contributed by atoms with van der Waals surface area (Å²) in [5.74, 6) is -0.736. The van der Waals surface area contributed by atoms with Crippen molar-refractivity contribution in [1.82, 2.24) is 4.98 Å². The van der Waals surface area contributed by atoms with Crippen LogP contribution < -0.4 is 5.73 Å². The Morgan fingerprint density at radius 3 is 2.38 bits per heavy atom. The summed E-state index contributed by atoms with van der Waals surface area (Å²) in [5, 5.41) is -0.144. The third-order valence-corrected chi connectivity index (χ3v) is 4.09. The van der Waals surface area contributed by atoms with Gasteiger partial charge in [0.15, 0.2) is 0 Å². The zero-order chi connectivity index (χ0) is 15.8. The topological polar surface area (TPSA) is 38.9 Å². The average molecular weight is 384 g/mol. The SMILES string of the molecule is NC(c1ccc(C(F)(F)F)cn1)c1ccc(Br)c(Cl)c1F. The summed E-state index contributed by atoms with van der Waals surface area (Å²) in [6.45, 7) is 0. The third kappa shape index (κ3) is 3.36. The zero-order valence-electron chi connectivity index (χ0n) is 10.3. The zero-order valence-corrected chi connectivity index (χ0v) is 12.6. The first-order chi connectivity index (χ1) is 9.71. The number of pyridine rings is 1. The Balaban J connectivity index is 2.37. The Bertz CT molecular complexity index is 658. The maximum atomic E-state index is 14.0. The Morgan fingerprint density at radius 2 is 1.86 bits per heavy atom. The highest BCUT2D eigenvalue weighted by Gasteiger charge is 2.31. The van der Waals surface area contributed by atoms with Gasteiger partial charge in [-0.15, -0.1) is 0 Å². The van der Waals surface area contributed by atoms with Crippen molar-refractivity contribution in [3.05, 3.63) is 62.6 Å². The highest BCUT2D eigenvalue weighted by atomic mass is 79.9. The van der Waals surface area contributed by atoms with Crippen molar-refractivity contribution in [3.63, 3.8) is 0 Å². The van der Waals surface area contributed by atoms with Gasteiger partial charge in [-0.3, -0.25) is 4.98 Å². The van der Waals surface area contributed by atoms with E-state index in [1.807, 2.05) is 0 Å². The molecule has 1 aromatic carbocycles. The van der Waals surface area contributed by atoms with Gasteiger partial charge in [0.1, 0.15) is 5.82 Å². The fourth-order valence-corrected chi connectivity index (χ4v) is 2.18. The fourth-order valence-electron chi connectivity index (χ4n) is 1.70. The first-order valence-electron chi connectivity index (χ1n) is 5.64. The van der Waals surface area contributed by atoms with Crippen LogP contribution in [0.15, 0.2) is 34.9 Å². The Hall–Kier alpha value is -1.18. The van der Waals surface area contributed by atoms with E-state index in [0.29, 0.717) is 10.7 Å². The highest BCUT2D eigenvalue weighted by Crippen LogP contribution is 2.33. The minimum Gasteiger partial charge on any atom is -0.319 e. The van der Waals surface area contributed by atoms with Crippen LogP contribution in [0.2, 0.25) is 5.02 Å². The first-order valence-corrected chi connectivity index (χ1v) is 6.81. The fraction of sp³-hybridized carbons (Fsp3) is 0.154. The number of nitrogens with zero attached hydrogens (tertiary/aromatic N) is 1. The van der Waals surface area contributed by atoms with Crippen LogP contribution in [-0.2, 0) is 6.18 Å². The van der Waals surface area contributed by atoms with E-state index in [4.69, 9.17) is 17.3 Å². The lowest BCUT2D eigenvalue weighted by Gasteiger charge is -2.15. The molecule has 2 rings (SSSR count). The molecular formula is C13H8BrClF4N2. The first kappa shape index (κ1) is 16.2. The van der Waals surface area contributed by atoms with Crippen LogP contribution in [-0.4, -0.2) is 4.98 Å². The highest BCUT2D eigenvalue weighted by molar-refractivity contribution is 9.10. The molecule has 1 heterocycles. The van der Waals surface area contributed by atoms with Crippen LogP contribution in [0.25, 0.3) is 0 Å². The molecule has 0 spiro atoms. The van der Waals surface area contributed by atoms with E-state index in [1.54, 1.807) is 0 Å². The molecule has 0 bridgehead atoms. The molecule has 2 nitrogen and oxygen atoms in total. The second kappa shape index (κ2) is 5.90. The standard InChI is InChI=1S/C13H8BrClF4N2/c14-8-3-2-7(11(16)10(8)15)12(20)9-4-1-6(5-21-9)13(17,18)19/h1-5,12H,20H2. The lowest BCUT2D eigenvalue weighted by molar-refractivity contribution is -0.137. The molecule has 0 saturated carbocycles. The van der Waals surface area contributed by atoms with Gasteiger partial charge in [-0.05, 0) is 34.1 Å². The molecule has 0 aliphatic carbocycles. The van der Waals surface area contributed by atoms with Gasteiger partial charge in [0.2, 0.25) is 0 Å². The molecular weight excluding hydrogens is 376 g/mol. The summed E-state index contributed by atoms with van der Waals surface area (Å²) >= 11 is 8.82. The summed E-state index contributed by atoms with van der Waals surface area (Å²) in [6, 6.07) is 3.85. The maximum Gasteiger partial charge on any atom is 0.417 e. The van der Waals surface area contributed by atoms with E-state index >= 15 is 0 Å². The molecule has 0 aliphatic rings. The van der Waals surface area contributed by atoms with Crippen molar-refractivity contribution < 1.29 is 17.6 Å². The van der Waals surface area contributed by atoms with E-state index in [2.05, 4.69) is 20.9 Å². The van der Waals surface area contributed by atoms with Crippen LogP contribution in [0, 0.1) is 5.82 Å². The minimum absolute atomic E-state index is 0.0514. The Kier molecular flexibility index (Phi) is 4.55. The van der Waals surface area contributed by atoms with Crippen LogP contribution in [0.3, 0.4) is 0 Å². The molecule has 2 aromatic rings. The number of benzene rings is 1. The molecule has 0 saturated heterocycles. The predicted molar refractivity (Wildman–Crippen MR) is 74.4 cm³/mol. The number of halogens is 6. The molecule has 0 aliphatic heterocycles. The minimum atomic E-state index is -4.48. The van der Waals surface area contributed by atoms with Gasteiger partial charge in [-0.25, -0.2) is 4.39 Å². The van der Waals surface area contributed by atoms with E-state index in [0.717, 1.165) is 12.1 Å². The van der Waals surface area contributed by atoms with Gasteiger partial charge >= 0.3 is 6.18 Å². The quantitative estimate of drug-likeness (QED) is 0.603. The number of alkyl halides is 3. The van der Waals surface area contributed by atoms with Crippen molar-refractivity contribution in [3.8, 4) is 0 Å². The van der Waals surface area contributed by atoms with Gasteiger partial charge in [0, 0.05) is 16.2 Å². The molecule has 21 heavy (non-hydrogen) atoms. The molecule has 112 valence electrons. The number of hydrogen-bond donors (Lipinski definition) is 1. The Labute approximate surface area is 131 Å². The molecule has 0 amide bonds. The molecule has 0 fully saturated rings. The summed E-state index contributed by atoms with van der Waals surface area (Å²) in [5.41, 5.74) is 5.10. The van der Waals surface area contributed by atoms with Crippen molar-refractivity contribution in [2.24, 2.45) is 5.73 Å². The van der Waals surface area contributed by atoms with Gasteiger partial charge in [-0.1, -0.05) is 17.7 Å². The summed E-state index contributed by atoms with van der Waals surface area (Å²) < 4.78 is 51.7. The van der Waals surface area contributed by atoms with E-state index in [-0.39, 0.29) is 16.3 Å². The number of aromatic nitrogens is 1. The molecule has 1 atom stereocenters. The second-order valence-corrected chi connectivity index (χ2v) is 5.44. The molecule has 8 heteroatoms. The van der Waals surface area contributed by atoms with Crippen molar-refractivity contribution in [2.75, 3.05) is 0 Å². The van der Waals surface area contributed by atoms with Gasteiger partial charge in [0.25, 0.3) is 0 Å². The van der Waals surface area contributed by atoms with E-state index < -0.39 is 23.6 Å². The van der Waals surface area contributed by atoms with Crippen LogP contribution >= 0.6 is 27.5 Å². The van der Waals surface area contributed by atoms with Gasteiger partial charge < -0.3 is 5.73 Å². The lowest BCUT2D eigenvalue weighted by Crippen LogP contribution is -2.16. The summed E-state index contributed by atoms with van der Waals surface area (Å²) in [4.78, 5) is 3.65. The third-order valence-electron chi connectivity index (χ3n) is 2.83. The van der Waals surface area contributed by atoms with E-state index in [9.17, 15) is 17.6 Å². The summed E-state index contributed by atoms with van der Waals surface area (Å²) in [7, 11) is 0. The van der Waals surface area contributed by atoms with E-state index in [1.165, 1.54) is 12.1 Å².